The molecule has 9 heteroatoms. The standard InChI is InChI=1S/C20H17FN8/c1-11(27-19-13(8-22)18(23)25-10-26-19)20-28-15-6-5-14(21)16(17(15)29(20)2)12-4-3-7-24-9-12/h3-7,9-11H,1-2H3,(H3,23,25,26,27)/t11-/m0/s1. The van der Waals surface area contributed by atoms with Crippen molar-refractivity contribution in [1.82, 2.24) is 24.5 Å². The van der Waals surface area contributed by atoms with Gasteiger partial charge in [-0.1, -0.05) is 6.07 Å². The molecule has 4 aromatic rings. The third-order valence-electron chi connectivity index (χ3n) is 4.70. The van der Waals surface area contributed by atoms with Crippen molar-refractivity contribution in [1.29, 1.82) is 5.26 Å². The summed E-state index contributed by atoms with van der Waals surface area (Å²) in [6, 6.07) is 8.28. The second-order valence-electron chi connectivity index (χ2n) is 6.52. The minimum Gasteiger partial charge on any atom is -0.382 e. The zero-order valence-electron chi connectivity index (χ0n) is 15.8. The maximum absolute atomic E-state index is 14.7. The number of pyridine rings is 1. The monoisotopic (exact) mass is 388 g/mol. The van der Waals surface area contributed by atoms with Gasteiger partial charge in [-0.25, -0.2) is 19.3 Å². The van der Waals surface area contributed by atoms with Crippen LogP contribution in [-0.2, 0) is 7.05 Å². The average Bonchev–Trinajstić information content (AvgIpc) is 3.05. The number of aryl methyl sites for hydroxylation is 1. The maximum atomic E-state index is 14.7. The molecular formula is C20H17FN8. The molecule has 0 aliphatic rings. The summed E-state index contributed by atoms with van der Waals surface area (Å²) in [6.45, 7) is 1.88. The minimum atomic E-state index is -0.351. The van der Waals surface area contributed by atoms with E-state index >= 15 is 0 Å². The van der Waals surface area contributed by atoms with Crippen molar-refractivity contribution >= 4 is 22.7 Å². The van der Waals surface area contributed by atoms with Gasteiger partial charge in [0, 0.05) is 30.6 Å². The number of nitrogens with zero attached hydrogens (tertiary/aromatic N) is 6. The van der Waals surface area contributed by atoms with Gasteiger partial charge in [-0.3, -0.25) is 4.98 Å². The van der Waals surface area contributed by atoms with Gasteiger partial charge in [-0.2, -0.15) is 5.26 Å². The van der Waals surface area contributed by atoms with E-state index in [4.69, 9.17) is 5.73 Å². The zero-order chi connectivity index (χ0) is 20.5. The van der Waals surface area contributed by atoms with Crippen LogP contribution < -0.4 is 11.1 Å². The Morgan fingerprint density at radius 2 is 2.10 bits per heavy atom. The number of nitrogens with two attached hydrogens (primary N) is 1. The van der Waals surface area contributed by atoms with Gasteiger partial charge in [-0.15, -0.1) is 0 Å². The second kappa shape index (κ2) is 7.16. The normalized spacial score (nSPS) is 11.9. The van der Waals surface area contributed by atoms with Gasteiger partial charge in [0.25, 0.3) is 0 Å². The molecule has 4 rings (SSSR count). The minimum absolute atomic E-state index is 0.100. The van der Waals surface area contributed by atoms with Crippen molar-refractivity contribution in [3.63, 3.8) is 0 Å². The van der Waals surface area contributed by atoms with Crippen LogP contribution in [0.1, 0.15) is 24.4 Å². The van der Waals surface area contributed by atoms with Gasteiger partial charge >= 0.3 is 0 Å². The Morgan fingerprint density at radius 1 is 1.28 bits per heavy atom. The van der Waals surface area contributed by atoms with E-state index in [1.165, 1.54) is 12.4 Å². The van der Waals surface area contributed by atoms with E-state index in [0.29, 0.717) is 33.8 Å². The molecule has 29 heavy (non-hydrogen) atoms. The highest BCUT2D eigenvalue weighted by Crippen LogP contribution is 2.33. The molecule has 8 nitrogen and oxygen atoms in total. The summed E-state index contributed by atoms with van der Waals surface area (Å²) in [6.07, 6.45) is 4.55. The molecule has 0 bridgehead atoms. The molecule has 144 valence electrons. The lowest BCUT2D eigenvalue weighted by molar-refractivity contribution is 0.632. The number of aromatic nitrogens is 5. The molecule has 3 N–H and O–H groups in total. The molecular weight excluding hydrogens is 371 g/mol. The molecule has 0 aliphatic carbocycles. The Morgan fingerprint density at radius 3 is 2.83 bits per heavy atom. The molecule has 0 aliphatic heterocycles. The Labute approximate surface area is 165 Å². The first-order chi connectivity index (χ1) is 14.0. The number of fused-ring (bicyclic) bond motifs is 1. The number of nitrogens with one attached hydrogen (secondary N) is 1. The topological polar surface area (TPSA) is 118 Å². The summed E-state index contributed by atoms with van der Waals surface area (Å²) in [4.78, 5) is 16.7. The Bertz CT molecular complexity index is 1240. The van der Waals surface area contributed by atoms with Crippen molar-refractivity contribution in [3.8, 4) is 17.2 Å². The molecule has 3 aromatic heterocycles. The van der Waals surface area contributed by atoms with Gasteiger partial charge in [0.1, 0.15) is 41.2 Å². The van der Waals surface area contributed by atoms with E-state index < -0.39 is 0 Å². The predicted octanol–water partition coefficient (Wildman–Crippen LogP) is 3.19. The molecule has 0 amide bonds. The van der Waals surface area contributed by atoms with Crippen molar-refractivity contribution < 1.29 is 4.39 Å². The first-order valence-electron chi connectivity index (χ1n) is 8.83. The number of anilines is 2. The first-order valence-corrected chi connectivity index (χ1v) is 8.83. The van der Waals surface area contributed by atoms with Crippen molar-refractivity contribution in [2.24, 2.45) is 7.05 Å². The number of nitrogen functional groups attached to an aromatic ring is 1. The quantitative estimate of drug-likeness (QED) is 0.551. The van der Waals surface area contributed by atoms with Crippen LogP contribution in [0.5, 0.6) is 0 Å². The fraction of sp³-hybridized carbons (Fsp3) is 0.150. The van der Waals surface area contributed by atoms with Crippen LogP contribution in [-0.4, -0.2) is 24.5 Å². The van der Waals surface area contributed by atoms with E-state index in [0.717, 1.165) is 0 Å². The maximum Gasteiger partial charge on any atom is 0.150 e. The van der Waals surface area contributed by atoms with Crippen molar-refractivity contribution in [2.75, 3.05) is 11.1 Å². The Hall–Kier alpha value is -4.06. The zero-order valence-corrected chi connectivity index (χ0v) is 15.8. The van der Waals surface area contributed by atoms with Crippen LogP contribution in [0, 0.1) is 17.1 Å². The molecule has 0 spiro atoms. The molecule has 1 aromatic carbocycles. The van der Waals surface area contributed by atoms with E-state index in [9.17, 15) is 9.65 Å². The Kier molecular flexibility index (Phi) is 4.52. The third-order valence-corrected chi connectivity index (χ3v) is 4.70. The summed E-state index contributed by atoms with van der Waals surface area (Å²) in [5.41, 5.74) is 8.34. The largest absolute Gasteiger partial charge is 0.382 e. The van der Waals surface area contributed by atoms with Crippen LogP contribution in [0.25, 0.3) is 22.2 Å². The van der Waals surface area contributed by atoms with Crippen molar-refractivity contribution in [2.45, 2.75) is 13.0 Å². The Balaban J connectivity index is 1.81. The lowest BCUT2D eigenvalue weighted by Crippen LogP contribution is -2.15. The molecule has 1 atom stereocenters. The molecule has 0 saturated carbocycles. The fourth-order valence-corrected chi connectivity index (χ4v) is 3.36. The number of nitriles is 1. The highest BCUT2D eigenvalue weighted by Gasteiger charge is 2.21. The van der Waals surface area contributed by atoms with E-state index in [1.807, 2.05) is 30.7 Å². The summed E-state index contributed by atoms with van der Waals surface area (Å²) in [5, 5.41) is 12.5. The summed E-state index contributed by atoms with van der Waals surface area (Å²) >= 11 is 0. The lowest BCUT2D eigenvalue weighted by Gasteiger charge is -2.16. The van der Waals surface area contributed by atoms with Crippen molar-refractivity contribution in [3.05, 3.63) is 60.2 Å². The SMILES string of the molecule is C[C@H](Nc1ncnc(N)c1C#N)c1nc2ccc(F)c(-c3cccnc3)c2n1C. The lowest BCUT2D eigenvalue weighted by atomic mass is 10.1. The second-order valence-corrected chi connectivity index (χ2v) is 6.52. The molecule has 0 unspecified atom stereocenters. The first kappa shape index (κ1) is 18.3. The summed E-state index contributed by atoms with van der Waals surface area (Å²) < 4.78 is 16.6. The average molecular weight is 388 g/mol. The summed E-state index contributed by atoms with van der Waals surface area (Å²) in [5.74, 6) is 0.717. The van der Waals surface area contributed by atoms with Gasteiger partial charge in [0.2, 0.25) is 0 Å². The number of hydrogen-bond acceptors (Lipinski definition) is 7. The number of imidazole rings is 1. The predicted molar refractivity (Wildman–Crippen MR) is 107 cm³/mol. The smallest absolute Gasteiger partial charge is 0.150 e. The van der Waals surface area contributed by atoms with Gasteiger partial charge in [-0.05, 0) is 25.1 Å². The molecule has 0 fully saturated rings. The van der Waals surface area contributed by atoms with Gasteiger partial charge < -0.3 is 15.6 Å². The highest BCUT2D eigenvalue weighted by atomic mass is 19.1. The fourth-order valence-electron chi connectivity index (χ4n) is 3.36. The number of rotatable bonds is 4. The number of hydrogen-bond donors (Lipinski definition) is 2. The van der Waals surface area contributed by atoms with Crippen LogP contribution in [0.4, 0.5) is 16.0 Å². The summed E-state index contributed by atoms with van der Waals surface area (Å²) in [7, 11) is 1.82. The molecule has 3 heterocycles. The van der Waals surface area contributed by atoms with E-state index in [2.05, 4.69) is 25.3 Å². The van der Waals surface area contributed by atoms with Crippen LogP contribution in [0.15, 0.2) is 43.0 Å². The van der Waals surface area contributed by atoms with Crippen LogP contribution in [0.3, 0.4) is 0 Å². The highest BCUT2D eigenvalue weighted by molar-refractivity contribution is 5.93. The van der Waals surface area contributed by atoms with Gasteiger partial charge in [0.15, 0.2) is 0 Å². The third kappa shape index (κ3) is 3.10. The molecule has 0 saturated heterocycles. The van der Waals surface area contributed by atoms with E-state index in [1.54, 1.807) is 24.5 Å². The molecule has 0 radical (unpaired) electrons. The van der Waals surface area contributed by atoms with Crippen LogP contribution in [0.2, 0.25) is 0 Å². The number of halogens is 1. The van der Waals surface area contributed by atoms with E-state index in [-0.39, 0.29) is 23.2 Å². The van der Waals surface area contributed by atoms with Crippen LogP contribution >= 0.6 is 0 Å². The number of benzene rings is 1. The van der Waals surface area contributed by atoms with Gasteiger partial charge in [0.05, 0.1) is 17.1 Å².